The molecule has 0 amide bonds. The Balaban J connectivity index is 3.66. The van der Waals surface area contributed by atoms with Gasteiger partial charge in [-0.05, 0) is 19.3 Å². The van der Waals surface area contributed by atoms with Crippen molar-refractivity contribution in [3.63, 3.8) is 0 Å². The van der Waals surface area contributed by atoms with Gasteiger partial charge in [-0.2, -0.15) is 0 Å². The van der Waals surface area contributed by atoms with Crippen LogP contribution in [0.5, 0.6) is 0 Å². The van der Waals surface area contributed by atoms with Gasteiger partial charge >= 0.3 is 92.5 Å². The van der Waals surface area contributed by atoms with E-state index in [-0.39, 0.29) is 32.1 Å². The molecule has 0 aromatic carbocycles. The number of rotatable bonds is 18. The first-order chi connectivity index (χ1) is 12.7. The zero-order valence-electron chi connectivity index (χ0n) is 15.9. The van der Waals surface area contributed by atoms with Gasteiger partial charge in [-0.25, -0.2) is 5.43 Å². The van der Waals surface area contributed by atoms with Crippen molar-refractivity contribution in [2.75, 3.05) is 6.61 Å². The van der Waals surface area contributed by atoms with Crippen molar-refractivity contribution in [1.82, 2.24) is 5.43 Å². The monoisotopic (exact) mass is 386 g/mol. The van der Waals surface area contributed by atoms with Crippen LogP contribution in [0.2, 0.25) is 0 Å². The van der Waals surface area contributed by atoms with Crippen molar-refractivity contribution < 1.29 is 19.3 Å². The molecule has 150 valence electrons. The van der Waals surface area contributed by atoms with Gasteiger partial charge in [0.25, 0.3) is 0 Å². The quantitative estimate of drug-likeness (QED) is 0.144. The van der Waals surface area contributed by atoms with Gasteiger partial charge in [-0.3, -0.25) is 10.6 Å². The van der Waals surface area contributed by atoms with Gasteiger partial charge in [0.15, 0.2) is 0 Å². The summed E-state index contributed by atoms with van der Waals surface area (Å²) in [5.74, 6) is 5.73. The standard InChI is InChI=1S/C19H35N2O4P/c20-21-18(13-9-11-17(23)12-10-15-22)19(24)14-7-5-3-1-2-4-6-8-16-26-25/h18,21-22H,1-15,20H2. The summed E-state index contributed by atoms with van der Waals surface area (Å²) in [6.07, 6.45) is 11.5. The Labute approximate surface area is 158 Å². The third-order valence-electron chi connectivity index (χ3n) is 4.43. The first-order valence-corrected chi connectivity index (χ1v) is 10.6. The molecule has 0 aliphatic carbocycles. The molecule has 0 saturated heterocycles. The second-order valence-electron chi connectivity index (χ2n) is 6.67. The molecule has 0 aromatic rings. The van der Waals surface area contributed by atoms with Crippen molar-refractivity contribution in [2.45, 2.75) is 95.9 Å². The number of aliphatic hydroxyl groups is 1. The molecule has 0 aromatic heterocycles. The van der Waals surface area contributed by atoms with E-state index in [9.17, 15) is 14.2 Å². The summed E-state index contributed by atoms with van der Waals surface area (Å²) >= 11 is 0. The van der Waals surface area contributed by atoms with Crippen molar-refractivity contribution in [1.29, 1.82) is 0 Å². The van der Waals surface area contributed by atoms with Crippen molar-refractivity contribution in [3.8, 4) is 5.63 Å². The number of hydrazine groups is 1. The Morgan fingerprint density at radius 1 is 0.923 bits per heavy atom. The number of ketones is 2. The molecule has 0 aliphatic rings. The molecule has 4 N–H and O–H groups in total. The molecule has 0 rings (SSSR count). The number of nitrogens with one attached hydrogen (secondary N) is 1. The van der Waals surface area contributed by atoms with Gasteiger partial charge in [0.2, 0.25) is 0 Å². The summed E-state index contributed by atoms with van der Waals surface area (Å²) in [6.45, 7) is 0.0373. The average molecular weight is 386 g/mol. The molecule has 1 atom stereocenters. The van der Waals surface area contributed by atoms with Gasteiger partial charge in [0.1, 0.15) is 5.78 Å². The van der Waals surface area contributed by atoms with E-state index in [4.69, 9.17) is 10.9 Å². The fraction of sp³-hybridized carbons (Fsp3) is 0.842. The van der Waals surface area contributed by atoms with Crippen LogP contribution >= 0.6 is 7.92 Å². The fourth-order valence-electron chi connectivity index (χ4n) is 2.85. The number of carbonyl (C=O) groups excluding carboxylic acids is 2. The van der Waals surface area contributed by atoms with E-state index in [2.05, 4.69) is 11.1 Å². The van der Waals surface area contributed by atoms with Gasteiger partial charge in [0, 0.05) is 19.4 Å². The van der Waals surface area contributed by atoms with Gasteiger partial charge < -0.3 is 5.11 Å². The Hall–Kier alpha value is -0.770. The van der Waals surface area contributed by atoms with Crippen LogP contribution in [0.1, 0.15) is 89.9 Å². The van der Waals surface area contributed by atoms with Crippen LogP contribution in [-0.4, -0.2) is 29.3 Å². The van der Waals surface area contributed by atoms with E-state index in [1.54, 1.807) is 0 Å². The Kier molecular flexibility index (Phi) is 18.4. The SMILES string of the molecule is NNC(CCCC(=O)CCCO)C(=O)CCCCCCCCCC#P=O. The van der Waals surface area contributed by atoms with Crippen LogP contribution in [0, 0.1) is 5.63 Å². The van der Waals surface area contributed by atoms with E-state index < -0.39 is 0 Å². The molecule has 0 heterocycles. The van der Waals surface area contributed by atoms with Crippen LogP contribution in [0.15, 0.2) is 0 Å². The van der Waals surface area contributed by atoms with Crippen LogP contribution in [-0.2, 0) is 14.2 Å². The number of Topliss-reactive ketones (excluding diaryl/α,β-unsaturated/α-hetero) is 2. The molecular formula is C19H35N2O4P. The first-order valence-electron chi connectivity index (χ1n) is 9.82. The molecule has 0 bridgehead atoms. The number of carbonyl (C=O) groups is 2. The van der Waals surface area contributed by atoms with E-state index in [0.29, 0.717) is 38.5 Å². The van der Waals surface area contributed by atoms with Crippen molar-refractivity contribution in [2.24, 2.45) is 5.84 Å². The molecule has 26 heavy (non-hydrogen) atoms. The van der Waals surface area contributed by atoms with E-state index in [1.807, 2.05) is 0 Å². The molecule has 0 fully saturated rings. The average Bonchev–Trinajstić information content (AvgIpc) is 2.64. The van der Waals surface area contributed by atoms with Gasteiger partial charge in [-0.15, -0.1) is 0 Å². The summed E-state index contributed by atoms with van der Waals surface area (Å²) < 4.78 is 10.2. The fourth-order valence-corrected chi connectivity index (χ4v) is 3.10. The molecule has 0 spiro atoms. The second-order valence-corrected chi connectivity index (χ2v) is 7.17. The molecule has 0 saturated carbocycles. The Morgan fingerprint density at radius 3 is 2.15 bits per heavy atom. The normalized spacial score (nSPS) is 11.8. The van der Waals surface area contributed by atoms with Crippen LogP contribution in [0.3, 0.4) is 0 Å². The second kappa shape index (κ2) is 19.0. The predicted octanol–water partition coefficient (Wildman–Crippen LogP) is 3.66. The summed E-state index contributed by atoms with van der Waals surface area (Å²) in [5.41, 5.74) is 5.33. The van der Waals surface area contributed by atoms with E-state index >= 15 is 0 Å². The molecule has 0 radical (unpaired) electrons. The number of nitrogens with two attached hydrogens (primary N) is 1. The number of hydrogen-bond acceptors (Lipinski definition) is 6. The third kappa shape index (κ3) is 15.5. The Bertz CT molecular complexity index is 479. The van der Waals surface area contributed by atoms with Gasteiger partial charge in [0.05, 0.1) is 0 Å². The summed E-state index contributed by atoms with van der Waals surface area (Å²) in [5, 5.41) is 8.70. The first kappa shape index (κ1) is 25.2. The zero-order valence-corrected chi connectivity index (χ0v) is 16.8. The molecule has 7 heteroatoms. The van der Waals surface area contributed by atoms with E-state index in [1.165, 1.54) is 6.42 Å². The van der Waals surface area contributed by atoms with Crippen molar-refractivity contribution >= 4 is 19.5 Å². The maximum atomic E-state index is 12.2. The number of hydrogen-bond donors (Lipinski definition) is 3. The third-order valence-corrected chi connectivity index (χ3v) is 4.78. The number of aliphatic hydroxyl groups excluding tert-OH is 1. The topological polar surface area (TPSA) is 109 Å². The molecule has 1 unspecified atom stereocenters. The minimum absolute atomic E-state index is 0.00576. The van der Waals surface area contributed by atoms with Gasteiger partial charge in [-0.1, -0.05) is 0 Å². The predicted molar refractivity (Wildman–Crippen MR) is 104 cm³/mol. The van der Waals surface area contributed by atoms with Crippen molar-refractivity contribution in [3.05, 3.63) is 0 Å². The summed E-state index contributed by atoms with van der Waals surface area (Å²) in [6, 6.07) is -0.367. The minimum atomic E-state index is -0.367. The number of unbranched alkanes of at least 4 members (excludes halogenated alkanes) is 7. The van der Waals surface area contributed by atoms with Crippen LogP contribution in [0.4, 0.5) is 0 Å². The molecule has 6 nitrogen and oxygen atoms in total. The summed E-state index contributed by atoms with van der Waals surface area (Å²) in [7, 11) is 0.00576. The maximum absolute atomic E-state index is 12.2. The zero-order chi connectivity index (χ0) is 19.5. The molecular weight excluding hydrogens is 351 g/mol. The van der Waals surface area contributed by atoms with Crippen LogP contribution < -0.4 is 11.3 Å². The molecule has 0 aliphatic heterocycles. The van der Waals surface area contributed by atoms with Crippen LogP contribution in [0.25, 0.3) is 0 Å². The van der Waals surface area contributed by atoms with E-state index in [0.717, 1.165) is 44.9 Å². The summed E-state index contributed by atoms with van der Waals surface area (Å²) in [4.78, 5) is 23.7. The Morgan fingerprint density at radius 2 is 1.54 bits per heavy atom.